The van der Waals surface area contributed by atoms with E-state index in [1.807, 2.05) is 0 Å². The van der Waals surface area contributed by atoms with E-state index >= 15 is 0 Å². The van der Waals surface area contributed by atoms with Gasteiger partial charge in [0, 0.05) is 32.2 Å². The Kier molecular flexibility index (Phi) is 3.45. The van der Waals surface area contributed by atoms with Crippen LogP contribution in [0.5, 0.6) is 0 Å². The van der Waals surface area contributed by atoms with Gasteiger partial charge in [-0.15, -0.1) is 0 Å². The van der Waals surface area contributed by atoms with E-state index in [0.29, 0.717) is 0 Å². The Morgan fingerprint density at radius 2 is 1.96 bits per heavy atom. The molecule has 0 unspecified atom stereocenters. The van der Waals surface area contributed by atoms with Crippen LogP contribution in [0.2, 0.25) is 0 Å². The lowest BCUT2D eigenvalue weighted by Gasteiger charge is -2.27. The Morgan fingerprint density at radius 3 is 2.65 bits per heavy atom. The SMILES string of the molecule is Cn1c(=O)ccn([C@@H]2O[C@H](CO)[C@H]3OC4(CCCC4)O[C@H]32)c1=O. The molecule has 3 fully saturated rings. The summed E-state index contributed by atoms with van der Waals surface area (Å²) < 4.78 is 20.4. The molecule has 1 aromatic rings. The van der Waals surface area contributed by atoms with Crippen molar-refractivity contribution in [3.63, 3.8) is 0 Å². The van der Waals surface area contributed by atoms with Crippen molar-refractivity contribution in [2.45, 2.75) is 56.0 Å². The fourth-order valence-corrected chi connectivity index (χ4v) is 3.80. The molecule has 0 bridgehead atoms. The van der Waals surface area contributed by atoms with E-state index in [-0.39, 0.29) is 12.2 Å². The van der Waals surface area contributed by atoms with E-state index in [4.69, 9.17) is 14.2 Å². The molecule has 8 heteroatoms. The van der Waals surface area contributed by atoms with Gasteiger partial charge in [-0.2, -0.15) is 0 Å². The number of nitrogens with zero attached hydrogens (tertiary/aromatic N) is 2. The first-order valence-electron chi connectivity index (χ1n) is 7.95. The molecule has 4 atom stereocenters. The van der Waals surface area contributed by atoms with E-state index in [1.165, 1.54) is 23.9 Å². The summed E-state index contributed by atoms with van der Waals surface area (Å²) in [5.41, 5.74) is -0.855. The molecule has 3 aliphatic rings. The van der Waals surface area contributed by atoms with Gasteiger partial charge in [-0.05, 0) is 12.8 Å². The van der Waals surface area contributed by atoms with Crippen molar-refractivity contribution in [1.29, 1.82) is 0 Å². The summed E-state index contributed by atoms with van der Waals surface area (Å²) in [5, 5.41) is 9.57. The summed E-state index contributed by atoms with van der Waals surface area (Å²) in [7, 11) is 1.42. The Hall–Kier alpha value is -1.48. The van der Waals surface area contributed by atoms with Crippen LogP contribution in [0.25, 0.3) is 0 Å². The molecule has 0 aromatic carbocycles. The first-order chi connectivity index (χ1) is 11.0. The second-order valence-electron chi connectivity index (χ2n) is 6.43. The Labute approximate surface area is 132 Å². The summed E-state index contributed by atoms with van der Waals surface area (Å²) in [6.45, 7) is -0.211. The highest BCUT2D eigenvalue weighted by Crippen LogP contribution is 2.48. The number of aromatic nitrogens is 2. The first-order valence-corrected chi connectivity index (χ1v) is 7.95. The summed E-state index contributed by atoms with van der Waals surface area (Å²) in [4.78, 5) is 23.9. The average Bonchev–Trinajstić information content (AvgIpc) is 3.22. The van der Waals surface area contributed by atoms with Crippen LogP contribution >= 0.6 is 0 Å². The zero-order chi connectivity index (χ0) is 16.2. The van der Waals surface area contributed by atoms with E-state index in [0.717, 1.165) is 30.3 Å². The van der Waals surface area contributed by atoms with Crippen LogP contribution < -0.4 is 11.2 Å². The molecule has 0 radical (unpaired) electrons. The lowest BCUT2D eigenvalue weighted by molar-refractivity contribution is -0.216. The maximum Gasteiger partial charge on any atom is 0.332 e. The van der Waals surface area contributed by atoms with Gasteiger partial charge in [0.05, 0.1) is 6.61 Å². The second-order valence-corrected chi connectivity index (χ2v) is 6.43. The lowest BCUT2D eigenvalue weighted by atomic mass is 10.1. The van der Waals surface area contributed by atoms with Crippen LogP contribution in [0.3, 0.4) is 0 Å². The van der Waals surface area contributed by atoms with Gasteiger partial charge >= 0.3 is 5.69 Å². The molecule has 1 saturated carbocycles. The summed E-state index contributed by atoms with van der Waals surface area (Å²) >= 11 is 0. The van der Waals surface area contributed by atoms with Gasteiger partial charge in [0.2, 0.25) is 0 Å². The number of aliphatic hydroxyl groups is 1. The number of aliphatic hydroxyl groups excluding tert-OH is 1. The zero-order valence-electron chi connectivity index (χ0n) is 12.9. The molecule has 8 nitrogen and oxygen atoms in total. The predicted octanol–water partition coefficient (Wildman–Crippen LogP) is -0.509. The maximum absolute atomic E-state index is 12.4. The standard InChI is InChI=1S/C15H20N2O6/c1-16-10(19)4-7-17(14(16)20)13-12-11(9(8-18)21-13)22-15(23-12)5-2-3-6-15/h4,7,9,11-13,18H,2-3,5-6,8H2,1H3/t9-,11-,12-,13-/m1/s1. The van der Waals surface area contributed by atoms with Gasteiger partial charge in [-0.25, -0.2) is 4.79 Å². The van der Waals surface area contributed by atoms with E-state index in [1.54, 1.807) is 0 Å². The second kappa shape index (κ2) is 5.27. The van der Waals surface area contributed by atoms with Crippen molar-refractivity contribution in [3.8, 4) is 0 Å². The van der Waals surface area contributed by atoms with Gasteiger partial charge in [-0.1, -0.05) is 0 Å². The van der Waals surface area contributed by atoms with Gasteiger partial charge in [-0.3, -0.25) is 13.9 Å². The Balaban J connectivity index is 1.71. The highest BCUT2D eigenvalue weighted by Gasteiger charge is 2.59. The molecule has 0 amide bonds. The van der Waals surface area contributed by atoms with Crippen molar-refractivity contribution in [2.75, 3.05) is 6.61 Å². The molecule has 2 saturated heterocycles. The number of fused-ring (bicyclic) bond motifs is 1. The minimum Gasteiger partial charge on any atom is -0.394 e. The third-order valence-electron chi connectivity index (χ3n) is 5.02. The monoisotopic (exact) mass is 324 g/mol. The number of rotatable bonds is 2. The Morgan fingerprint density at radius 1 is 1.26 bits per heavy atom. The van der Waals surface area contributed by atoms with Gasteiger partial charge < -0.3 is 19.3 Å². The lowest BCUT2D eigenvalue weighted by Crippen LogP contribution is -2.41. The number of ether oxygens (including phenoxy) is 3. The van der Waals surface area contributed by atoms with Crippen molar-refractivity contribution >= 4 is 0 Å². The molecule has 23 heavy (non-hydrogen) atoms. The highest BCUT2D eigenvalue weighted by atomic mass is 16.8. The van der Waals surface area contributed by atoms with Crippen molar-refractivity contribution in [3.05, 3.63) is 33.1 Å². The zero-order valence-corrected chi connectivity index (χ0v) is 12.9. The van der Waals surface area contributed by atoms with Crippen LogP contribution in [-0.4, -0.2) is 44.9 Å². The average molecular weight is 324 g/mol. The summed E-state index contributed by atoms with van der Waals surface area (Å²) in [6.07, 6.45) is 2.97. The van der Waals surface area contributed by atoms with Crippen molar-refractivity contribution in [2.24, 2.45) is 7.05 Å². The van der Waals surface area contributed by atoms with Crippen molar-refractivity contribution in [1.82, 2.24) is 9.13 Å². The van der Waals surface area contributed by atoms with Crippen LogP contribution in [0, 0.1) is 0 Å². The fraction of sp³-hybridized carbons (Fsp3) is 0.733. The van der Waals surface area contributed by atoms with Crippen LogP contribution in [0.15, 0.2) is 21.9 Å². The minimum atomic E-state index is -0.712. The maximum atomic E-state index is 12.4. The molecule has 1 aromatic heterocycles. The largest absolute Gasteiger partial charge is 0.394 e. The van der Waals surface area contributed by atoms with Gasteiger partial charge in [0.1, 0.15) is 18.3 Å². The molecule has 1 spiro atoms. The third kappa shape index (κ3) is 2.20. The third-order valence-corrected chi connectivity index (χ3v) is 5.02. The smallest absolute Gasteiger partial charge is 0.332 e. The molecule has 3 heterocycles. The molecule has 2 aliphatic heterocycles. The van der Waals surface area contributed by atoms with Crippen LogP contribution in [0.1, 0.15) is 31.9 Å². The molecule has 1 aliphatic carbocycles. The van der Waals surface area contributed by atoms with E-state index in [9.17, 15) is 14.7 Å². The molecular weight excluding hydrogens is 304 g/mol. The molecule has 126 valence electrons. The minimum absolute atomic E-state index is 0.211. The first kappa shape index (κ1) is 15.1. The Bertz CT molecular complexity index is 719. The molecule has 4 rings (SSSR count). The van der Waals surface area contributed by atoms with Crippen LogP contribution in [0.4, 0.5) is 0 Å². The van der Waals surface area contributed by atoms with Crippen molar-refractivity contribution < 1.29 is 19.3 Å². The van der Waals surface area contributed by atoms with Crippen LogP contribution in [-0.2, 0) is 21.3 Å². The summed E-state index contributed by atoms with van der Waals surface area (Å²) in [5.74, 6) is -0.616. The predicted molar refractivity (Wildman–Crippen MR) is 77.9 cm³/mol. The normalized spacial score (nSPS) is 35.0. The number of hydrogen-bond acceptors (Lipinski definition) is 6. The van der Waals surface area contributed by atoms with Gasteiger partial charge in [0.25, 0.3) is 5.56 Å². The molecule has 1 N–H and O–H groups in total. The van der Waals surface area contributed by atoms with E-state index in [2.05, 4.69) is 0 Å². The van der Waals surface area contributed by atoms with E-state index < -0.39 is 36.0 Å². The summed E-state index contributed by atoms with van der Waals surface area (Å²) in [6, 6.07) is 1.31. The topological polar surface area (TPSA) is 91.9 Å². The number of hydrogen-bond donors (Lipinski definition) is 1. The fourth-order valence-electron chi connectivity index (χ4n) is 3.80. The van der Waals surface area contributed by atoms with Gasteiger partial charge in [0.15, 0.2) is 12.0 Å². The quantitative estimate of drug-likeness (QED) is 0.788. The highest BCUT2D eigenvalue weighted by molar-refractivity contribution is 5.01. The molecular formula is C15H20N2O6.